The average molecular weight is 712 g/mol. The summed E-state index contributed by atoms with van der Waals surface area (Å²) in [6, 6.07) is 3.15. The van der Waals surface area contributed by atoms with Gasteiger partial charge in [-0.05, 0) is 31.2 Å². The Bertz CT molecular complexity index is 1190. The summed E-state index contributed by atoms with van der Waals surface area (Å²) in [6.07, 6.45) is -10.9. The molecule has 0 aromatic heterocycles. The SMILES string of the molecule is CCOC(=O)c1ccc(OCCC(F)(F)C(F)(F)C(F)(F)C(F)(F)C(F)(F)C(F)(F)C(F)(F)C(F)(F)C(F)(F)C(F)(F)F)cc1. The first-order valence-electron chi connectivity index (χ1n) is 11.0. The number of carbonyl (C=O) groups excluding carboxylic acids is 1. The number of benzene rings is 1. The van der Waals surface area contributed by atoms with E-state index >= 15 is 0 Å². The highest BCUT2D eigenvalue weighted by Gasteiger charge is 2.97. The van der Waals surface area contributed by atoms with E-state index in [0.29, 0.717) is 0 Å². The minimum Gasteiger partial charge on any atom is -0.493 e. The molecule has 0 saturated heterocycles. The molecule has 0 bridgehead atoms. The molecule has 0 spiro atoms. The maximum absolute atomic E-state index is 14.0. The zero-order valence-electron chi connectivity index (χ0n) is 21.1. The standard InChI is InChI=1S/C21H13F21O3/c1-2-44-11(43)9-3-5-10(6-4-9)45-8-7-12(22,23)13(24,25)14(26,27)15(28,29)16(30,31)17(32,33)18(34,35)19(36,37)20(38,39)21(40,41)42/h3-6H,2,7-8H2,1H3. The van der Waals surface area contributed by atoms with Gasteiger partial charge in [0.15, 0.2) is 0 Å². The average Bonchev–Trinajstić information content (AvgIpc) is 2.87. The second-order valence-electron chi connectivity index (χ2n) is 8.64. The summed E-state index contributed by atoms with van der Waals surface area (Å²) >= 11 is 0. The molecule has 0 aliphatic heterocycles. The molecule has 0 N–H and O–H groups in total. The van der Waals surface area contributed by atoms with Crippen LogP contribution in [0.4, 0.5) is 92.2 Å². The molecule has 0 aliphatic carbocycles. The van der Waals surface area contributed by atoms with Crippen molar-refractivity contribution in [1.29, 1.82) is 0 Å². The smallest absolute Gasteiger partial charge is 0.460 e. The molecular weight excluding hydrogens is 699 g/mol. The van der Waals surface area contributed by atoms with E-state index in [-0.39, 0.29) is 12.2 Å². The Kier molecular flexibility index (Phi) is 10.4. The molecule has 0 unspecified atom stereocenters. The number of carbonyl (C=O) groups is 1. The molecule has 1 aromatic carbocycles. The molecule has 262 valence electrons. The fraction of sp³-hybridized carbons (Fsp3) is 0.667. The molecule has 1 aromatic rings. The molecule has 24 heteroatoms. The monoisotopic (exact) mass is 712 g/mol. The lowest BCUT2D eigenvalue weighted by molar-refractivity contribution is -0.474. The van der Waals surface area contributed by atoms with Crippen LogP contribution in [0.2, 0.25) is 0 Å². The number of ether oxygens (including phenoxy) is 2. The molecular formula is C21H13F21O3. The van der Waals surface area contributed by atoms with E-state index in [1.54, 1.807) is 0 Å². The predicted octanol–water partition coefficient (Wildman–Crippen LogP) is 8.91. The van der Waals surface area contributed by atoms with Crippen LogP contribution in [0.25, 0.3) is 0 Å². The minimum atomic E-state index is -9.21. The highest BCUT2D eigenvalue weighted by atomic mass is 19.4. The van der Waals surface area contributed by atoms with Gasteiger partial charge in [-0.25, -0.2) is 4.79 Å². The number of esters is 1. The zero-order valence-corrected chi connectivity index (χ0v) is 21.1. The summed E-state index contributed by atoms with van der Waals surface area (Å²) < 4.78 is 290. The molecule has 0 atom stereocenters. The van der Waals surface area contributed by atoms with Crippen molar-refractivity contribution in [2.75, 3.05) is 13.2 Å². The lowest BCUT2D eigenvalue weighted by Gasteiger charge is -2.44. The van der Waals surface area contributed by atoms with Crippen LogP contribution in [-0.2, 0) is 4.74 Å². The normalized spacial score (nSPS) is 15.2. The zero-order chi connectivity index (χ0) is 36.1. The van der Waals surface area contributed by atoms with Gasteiger partial charge in [0.2, 0.25) is 0 Å². The Hall–Kier alpha value is -2.98. The third kappa shape index (κ3) is 6.00. The van der Waals surface area contributed by atoms with E-state index in [0.717, 1.165) is 24.3 Å². The quantitative estimate of drug-likeness (QED) is 0.143. The molecule has 45 heavy (non-hydrogen) atoms. The topological polar surface area (TPSA) is 35.5 Å². The van der Waals surface area contributed by atoms with E-state index in [1.807, 2.05) is 0 Å². The van der Waals surface area contributed by atoms with Crippen molar-refractivity contribution in [1.82, 2.24) is 0 Å². The predicted molar refractivity (Wildman–Crippen MR) is 103 cm³/mol. The van der Waals surface area contributed by atoms with Gasteiger partial charge in [-0.1, -0.05) is 0 Å². The molecule has 3 nitrogen and oxygen atoms in total. The van der Waals surface area contributed by atoms with Crippen LogP contribution in [0.1, 0.15) is 23.7 Å². The molecule has 0 heterocycles. The van der Waals surface area contributed by atoms with E-state index in [4.69, 9.17) is 0 Å². The van der Waals surface area contributed by atoms with Crippen LogP contribution in [0.3, 0.4) is 0 Å². The molecule has 0 fully saturated rings. The van der Waals surface area contributed by atoms with Crippen molar-refractivity contribution >= 4 is 5.97 Å². The lowest BCUT2D eigenvalue weighted by atomic mass is 9.86. The van der Waals surface area contributed by atoms with E-state index in [9.17, 15) is 97.0 Å². The van der Waals surface area contributed by atoms with Gasteiger partial charge in [0.25, 0.3) is 0 Å². The van der Waals surface area contributed by atoms with Crippen molar-refractivity contribution in [3.05, 3.63) is 29.8 Å². The first-order valence-corrected chi connectivity index (χ1v) is 11.0. The maximum Gasteiger partial charge on any atom is 0.460 e. The van der Waals surface area contributed by atoms with Crippen molar-refractivity contribution in [2.45, 2.75) is 72.8 Å². The maximum atomic E-state index is 14.0. The third-order valence-electron chi connectivity index (χ3n) is 5.63. The first kappa shape index (κ1) is 40.0. The van der Waals surface area contributed by atoms with Gasteiger partial charge in [-0.3, -0.25) is 0 Å². The van der Waals surface area contributed by atoms with Gasteiger partial charge >= 0.3 is 65.4 Å². The van der Waals surface area contributed by atoms with Gasteiger partial charge in [0, 0.05) is 0 Å². The number of hydrogen-bond acceptors (Lipinski definition) is 3. The Labute approximate surface area is 235 Å². The minimum absolute atomic E-state index is 0.128. The summed E-state index contributed by atoms with van der Waals surface area (Å²) in [5.41, 5.74) is -0.230. The van der Waals surface area contributed by atoms with Crippen molar-refractivity contribution < 1.29 is 106 Å². The number of rotatable bonds is 14. The second kappa shape index (κ2) is 11.7. The second-order valence-corrected chi connectivity index (χ2v) is 8.64. The van der Waals surface area contributed by atoms with Crippen LogP contribution in [0.15, 0.2) is 24.3 Å². The van der Waals surface area contributed by atoms with Gasteiger partial charge < -0.3 is 9.47 Å². The van der Waals surface area contributed by atoms with E-state index < -0.39 is 84.2 Å². The van der Waals surface area contributed by atoms with Crippen LogP contribution < -0.4 is 4.74 Å². The lowest BCUT2D eigenvalue weighted by Crippen LogP contribution is -2.76. The summed E-state index contributed by atoms with van der Waals surface area (Å²) in [7, 11) is 0. The van der Waals surface area contributed by atoms with E-state index in [1.165, 1.54) is 6.92 Å². The van der Waals surface area contributed by atoms with Crippen LogP contribution in [0, 0.1) is 0 Å². The Balaban J connectivity index is 3.42. The van der Waals surface area contributed by atoms with Crippen LogP contribution in [0.5, 0.6) is 5.75 Å². The highest BCUT2D eigenvalue weighted by molar-refractivity contribution is 5.89. The Morgan fingerprint density at radius 3 is 1.20 bits per heavy atom. The summed E-state index contributed by atoms with van der Waals surface area (Å²) in [5.74, 6) is -79.0. The molecule has 0 saturated carbocycles. The fourth-order valence-electron chi connectivity index (χ4n) is 2.95. The summed E-state index contributed by atoms with van der Waals surface area (Å²) in [5, 5.41) is 0. The van der Waals surface area contributed by atoms with Crippen molar-refractivity contribution in [3.63, 3.8) is 0 Å². The highest BCUT2D eigenvalue weighted by Crippen LogP contribution is 2.66. The van der Waals surface area contributed by atoms with Crippen molar-refractivity contribution in [2.24, 2.45) is 0 Å². The van der Waals surface area contributed by atoms with Gasteiger partial charge in [0.1, 0.15) is 5.75 Å². The Morgan fingerprint density at radius 1 is 0.533 bits per heavy atom. The largest absolute Gasteiger partial charge is 0.493 e. The van der Waals surface area contributed by atoms with Gasteiger partial charge in [-0.2, -0.15) is 92.2 Å². The number of halogens is 21. The van der Waals surface area contributed by atoms with Gasteiger partial charge in [0.05, 0.1) is 25.2 Å². The number of hydrogen-bond donors (Lipinski definition) is 0. The molecule has 0 radical (unpaired) electrons. The van der Waals surface area contributed by atoms with Crippen LogP contribution in [-0.4, -0.2) is 78.7 Å². The molecule has 0 amide bonds. The summed E-state index contributed by atoms with van der Waals surface area (Å²) in [4.78, 5) is 11.5. The third-order valence-corrected chi connectivity index (χ3v) is 5.63. The van der Waals surface area contributed by atoms with Crippen molar-refractivity contribution in [3.8, 4) is 5.75 Å². The number of alkyl halides is 21. The molecule has 1 rings (SSSR count). The van der Waals surface area contributed by atoms with E-state index in [2.05, 4.69) is 9.47 Å². The fourth-order valence-corrected chi connectivity index (χ4v) is 2.95. The van der Waals surface area contributed by atoms with Gasteiger partial charge in [-0.15, -0.1) is 0 Å². The first-order chi connectivity index (χ1) is 19.7. The van der Waals surface area contributed by atoms with Crippen LogP contribution >= 0.6 is 0 Å². The summed E-state index contributed by atoms with van der Waals surface area (Å²) in [6.45, 7) is -0.687. The Morgan fingerprint density at radius 2 is 0.867 bits per heavy atom. The molecule has 0 aliphatic rings.